The van der Waals surface area contributed by atoms with Crippen LogP contribution in [0.5, 0.6) is 0 Å². The number of aliphatic carboxylic acids is 1. The molecule has 0 saturated carbocycles. The van der Waals surface area contributed by atoms with E-state index in [1.807, 2.05) is 6.08 Å². The normalized spacial score (nSPS) is 27.1. The number of aliphatic hydroxyl groups excluding tert-OH is 11. The predicted octanol–water partition coefficient (Wildman–Crippen LogP) is 9.74. The minimum absolute atomic E-state index is 0.195. The molecule has 3 rings (SSSR count). The number of unbranched alkanes of at least 4 members (excludes halogenated alkanes) is 37. The lowest BCUT2D eigenvalue weighted by atomic mass is 9.88. The van der Waals surface area contributed by atoms with Crippen molar-refractivity contribution in [3.63, 3.8) is 0 Å². The maximum absolute atomic E-state index is 13.5. The lowest BCUT2D eigenvalue weighted by molar-refractivity contribution is -0.386. The van der Waals surface area contributed by atoms with Gasteiger partial charge < -0.3 is 100 Å². The van der Waals surface area contributed by atoms with Crippen LogP contribution in [0.2, 0.25) is 0 Å². The van der Waals surface area contributed by atoms with E-state index in [-0.39, 0.29) is 12.3 Å². The molecule has 23 nitrogen and oxygen atoms in total. The van der Waals surface area contributed by atoms with Crippen LogP contribution < -0.4 is 10.6 Å². The van der Waals surface area contributed by atoms with E-state index >= 15 is 0 Å². The van der Waals surface area contributed by atoms with Crippen molar-refractivity contribution in [2.45, 2.75) is 407 Å². The number of aliphatic hydroxyl groups is 11. The summed E-state index contributed by atoms with van der Waals surface area (Å²) in [5.74, 6) is -6.15. The van der Waals surface area contributed by atoms with Crippen LogP contribution >= 0.6 is 0 Å². The summed E-state index contributed by atoms with van der Waals surface area (Å²) < 4.78 is 34.9. The Kier molecular flexibility index (Phi) is 51.3. The number of ether oxygens (including phenoxy) is 6. The minimum atomic E-state index is -3.08. The molecule has 18 unspecified atom stereocenters. The van der Waals surface area contributed by atoms with Gasteiger partial charge in [-0.05, 0) is 51.4 Å². The largest absolute Gasteiger partial charge is 0.477 e. The quantitative estimate of drug-likeness (QED) is 0.0199. The molecule has 2 amide bonds. The van der Waals surface area contributed by atoms with Crippen LogP contribution in [-0.4, -0.2) is 215 Å². The Bertz CT molecular complexity index is 2140. The number of carbonyl (C=O) groups excluding carboxylic acids is 2. The van der Waals surface area contributed by atoms with Crippen LogP contribution in [0.25, 0.3) is 0 Å². The summed E-state index contributed by atoms with van der Waals surface area (Å²) in [6, 6.07) is -2.62. The van der Waals surface area contributed by atoms with Gasteiger partial charge in [0, 0.05) is 19.8 Å². The number of hydrogen-bond acceptors (Lipinski definition) is 20. The van der Waals surface area contributed by atoms with Crippen LogP contribution in [0.4, 0.5) is 0 Å². The molecule has 23 heteroatoms. The highest BCUT2D eigenvalue weighted by molar-refractivity contribution is 5.77. The van der Waals surface area contributed by atoms with Gasteiger partial charge in [0.2, 0.25) is 11.8 Å². The summed E-state index contributed by atoms with van der Waals surface area (Å²) in [4.78, 5) is 38.7. The van der Waals surface area contributed by atoms with Crippen LogP contribution in [0, 0.1) is 0 Å². The average molecular weight is 1430 g/mol. The SMILES string of the molecule is CCCCCCCCCCC/C=C\C/C=C\CCCCCCCCCCCC(=O)NC(COC1OC(CO)C(OC2OC(CO)C(O)C(OC3(C(=O)O)CC(O)C(NC(C)=O)C(C(O)C(O)CO)O3)C2O)C(O)C1O)C(O)/C=C/CCCCCCCCCCCCCCCCCCCCC. The molecular weight excluding hydrogens is 1290 g/mol. The zero-order chi connectivity index (χ0) is 73.2. The van der Waals surface area contributed by atoms with Crippen LogP contribution in [-0.2, 0) is 42.8 Å². The maximum atomic E-state index is 13.5. The molecule has 0 aromatic carbocycles. The number of nitrogens with one attached hydrogen (secondary N) is 2. The molecule has 0 bridgehead atoms. The standard InChI is InChI=1S/C77H140N2O21/c1-4-6-8-10-12-14-16-18-20-22-24-26-27-28-29-31-33-35-37-39-41-43-45-47-49-51-64(87)79-58(59(84)50-48-46-44-42-40-38-36-34-32-30-25-23-21-19-17-15-13-11-9-7-5-2)56-95-74-69(91)68(90)71(63(55-82)97-74)98-75-70(92)73(67(89)62(54-81)96-75)100-77(76(93)94)52-60(85)65(78-57(3)83)72(99-77)66(88)61(86)53-80/h24,26,28-29,48,50,58-63,65-75,80-82,84-86,88-92H,4-23,25,27,30-47,49,51-56H2,1-3H3,(H,78,83)(H,79,87)(H,93,94)/b26-24-,29-28-,50-48+. The monoisotopic (exact) mass is 1430 g/mol. The highest BCUT2D eigenvalue weighted by Gasteiger charge is 2.60. The third kappa shape index (κ3) is 36.8. The number of carbonyl (C=O) groups is 3. The highest BCUT2D eigenvalue weighted by Crippen LogP contribution is 2.39. The topological polar surface area (TPSA) is 373 Å². The molecule has 3 saturated heterocycles. The maximum Gasteiger partial charge on any atom is 0.364 e. The molecule has 0 aromatic rings. The number of carboxylic acids is 1. The van der Waals surface area contributed by atoms with E-state index < -0.39 is 155 Å². The van der Waals surface area contributed by atoms with Gasteiger partial charge in [-0.2, -0.15) is 0 Å². The van der Waals surface area contributed by atoms with E-state index in [4.69, 9.17) is 28.4 Å². The van der Waals surface area contributed by atoms with Gasteiger partial charge in [-0.3, -0.25) is 9.59 Å². The Morgan fingerprint density at radius 3 is 1.41 bits per heavy atom. The Labute approximate surface area is 599 Å². The summed E-state index contributed by atoms with van der Waals surface area (Å²) in [5.41, 5.74) is 0. The van der Waals surface area contributed by atoms with E-state index in [0.29, 0.717) is 12.8 Å². The fourth-order valence-electron chi connectivity index (χ4n) is 13.6. The van der Waals surface area contributed by atoms with Gasteiger partial charge in [0.05, 0.1) is 50.7 Å². The molecule has 3 fully saturated rings. The van der Waals surface area contributed by atoms with E-state index in [9.17, 15) is 75.7 Å². The molecule has 0 radical (unpaired) electrons. The van der Waals surface area contributed by atoms with Crippen molar-refractivity contribution < 1.29 is 104 Å². The molecule has 18 atom stereocenters. The second kappa shape index (κ2) is 56.3. The van der Waals surface area contributed by atoms with Crippen molar-refractivity contribution in [1.29, 1.82) is 0 Å². The van der Waals surface area contributed by atoms with Crippen molar-refractivity contribution in [3.05, 3.63) is 36.5 Å². The fraction of sp³-hybridized carbons (Fsp3) is 0.883. The average Bonchev–Trinajstić information content (AvgIpc) is 0.758. The Hall–Kier alpha value is -3.05. The number of hydrogen-bond donors (Lipinski definition) is 14. The first-order valence-electron chi connectivity index (χ1n) is 39.4. The smallest absolute Gasteiger partial charge is 0.364 e. The number of allylic oxidation sites excluding steroid dienone is 5. The van der Waals surface area contributed by atoms with E-state index in [1.165, 1.54) is 193 Å². The van der Waals surface area contributed by atoms with Crippen LogP contribution in [0.3, 0.4) is 0 Å². The molecule has 14 N–H and O–H groups in total. The van der Waals surface area contributed by atoms with E-state index in [1.54, 1.807) is 6.08 Å². The first-order valence-corrected chi connectivity index (χ1v) is 39.4. The summed E-state index contributed by atoms with van der Waals surface area (Å²) >= 11 is 0. The van der Waals surface area contributed by atoms with Gasteiger partial charge in [-0.1, -0.05) is 262 Å². The van der Waals surface area contributed by atoms with E-state index in [2.05, 4.69) is 48.8 Å². The molecule has 584 valence electrons. The molecule has 100 heavy (non-hydrogen) atoms. The second-order valence-corrected chi connectivity index (χ2v) is 28.6. The second-order valence-electron chi connectivity index (χ2n) is 28.6. The predicted molar refractivity (Wildman–Crippen MR) is 384 cm³/mol. The minimum Gasteiger partial charge on any atom is -0.477 e. The van der Waals surface area contributed by atoms with Gasteiger partial charge in [-0.25, -0.2) is 4.79 Å². The molecular formula is C77H140N2O21. The Morgan fingerprint density at radius 1 is 0.530 bits per heavy atom. The van der Waals surface area contributed by atoms with Gasteiger partial charge >= 0.3 is 5.97 Å². The lowest BCUT2D eigenvalue weighted by Gasteiger charge is -2.50. The summed E-state index contributed by atoms with van der Waals surface area (Å²) in [6.45, 7) is 2.17. The van der Waals surface area contributed by atoms with Gasteiger partial charge in [-0.15, -0.1) is 0 Å². The Balaban J connectivity index is 1.54. The zero-order valence-corrected chi connectivity index (χ0v) is 61.6. The molecule has 0 aliphatic carbocycles. The van der Waals surface area contributed by atoms with Crippen molar-refractivity contribution >= 4 is 17.8 Å². The van der Waals surface area contributed by atoms with Crippen molar-refractivity contribution in [3.8, 4) is 0 Å². The third-order valence-electron chi connectivity index (χ3n) is 19.8. The first kappa shape index (κ1) is 91.2. The van der Waals surface area contributed by atoms with Crippen molar-refractivity contribution in [1.82, 2.24) is 10.6 Å². The molecule has 0 aromatic heterocycles. The molecule has 0 spiro atoms. The van der Waals surface area contributed by atoms with Crippen molar-refractivity contribution in [2.24, 2.45) is 0 Å². The van der Waals surface area contributed by atoms with E-state index in [0.717, 1.165) is 64.7 Å². The first-order chi connectivity index (χ1) is 48.4. The fourth-order valence-corrected chi connectivity index (χ4v) is 13.6. The molecule has 3 aliphatic heterocycles. The zero-order valence-electron chi connectivity index (χ0n) is 61.6. The molecule has 3 heterocycles. The summed E-state index contributed by atoms with van der Waals surface area (Å²) in [6.07, 6.45) is 33.1. The van der Waals surface area contributed by atoms with Crippen LogP contribution in [0.15, 0.2) is 36.5 Å². The number of amides is 2. The van der Waals surface area contributed by atoms with Crippen LogP contribution in [0.1, 0.15) is 297 Å². The van der Waals surface area contributed by atoms with Gasteiger partial charge in [0.1, 0.15) is 67.1 Å². The van der Waals surface area contributed by atoms with Gasteiger partial charge in [0.15, 0.2) is 12.6 Å². The third-order valence-corrected chi connectivity index (χ3v) is 19.8. The van der Waals surface area contributed by atoms with Crippen molar-refractivity contribution in [2.75, 3.05) is 26.4 Å². The summed E-state index contributed by atoms with van der Waals surface area (Å²) in [7, 11) is 0. The summed E-state index contributed by atoms with van der Waals surface area (Å²) in [5, 5.41) is 136. The lowest BCUT2D eigenvalue weighted by Crippen LogP contribution is -2.70. The number of rotatable bonds is 61. The number of carboxylic acid groups (broad SMARTS) is 1. The molecule has 3 aliphatic rings. The highest BCUT2D eigenvalue weighted by atomic mass is 16.8. The van der Waals surface area contributed by atoms with Gasteiger partial charge in [0.25, 0.3) is 5.79 Å². The Morgan fingerprint density at radius 2 is 0.970 bits per heavy atom.